The molecule has 1 aliphatic heterocycles. The molecule has 5 heteroatoms. The number of hydrogen-bond donors (Lipinski definition) is 3. The quantitative estimate of drug-likeness (QED) is 0.715. The van der Waals surface area contributed by atoms with Crippen molar-refractivity contribution in [3.05, 3.63) is 28.2 Å². The van der Waals surface area contributed by atoms with Crippen molar-refractivity contribution >= 4 is 27.5 Å². The third kappa shape index (κ3) is 4.45. The van der Waals surface area contributed by atoms with Crippen molar-refractivity contribution in [3.8, 4) is 0 Å². The summed E-state index contributed by atoms with van der Waals surface area (Å²) in [6.07, 6.45) is 1.82. The van der Waals surface area contributed by atoms with Gasteiger partial charge in [0.15, 0.2) is 0 Å². The van der Waals surface area contributed by atoms with Gasteiger partial charge in [-0.2, -0.15) is 0 Å². The Kier molecular flexibility index (Phi) is 4.36. The molecule has 1 saturated heterocycles. The fourth-order valence-electron chi connectivity index (χ4n) is 3.44. The van der Waals surface area contributed by atoms with Crippen LogP contribution in [0.4, 0.5) is 5.69 Å². The zero-order valence-electron chi connectivity index (χ0n) is 13.1. The lowest BCUT2D eigenvalue weighted by Crippen LogP contribution is -2.62. The number of benzene rings is 1. The van der Waals surface area contributed by atoms with Gasteiger partial charge in [0.25, 0.3) is 5.91 Å². The number of hydrogen-bond acceptors (Lipinski definition) is 3. The Labute approximate surface area is 135 Å². The van der Waals surface area contributed by atoms with E-state index in [-0.39, 0.29) is 23.0 Å². The topological polar surface area (TPSA) is 67.2 Å². The van der Waals surface area contributed by atoms with Crippen molar-refractivity contribution in [1.29, 1.82) is 0 Å². The van der Waals surface area contributed by atoms with Crippen LogP contribution in [-0.4, -0.2) is 23.0 Å². The van der Waals surface area contributed by atoms with Crippen LogP contribution in [0.5, 0.6) is 0 Å². The predicted octanol–water partition coefficient (Wildman–Crippen LogP) is 3.07. The standard InChI is InChI=1S/C16H24BrN3O/c1-15(2)8-13(9-16(3,4)20-15)19-14(21)10-5-11(17)7-12(18)6-10/h5-7,13,20H,8-9,18H2,1-4H3,(H,19,21). The van der Waals surface area contributed by atoms with Gasteiger partial charge in [-0.25, -0.2) is 0 Å². The Morgan fingerprint density at radius 1 is 1.24 bits per heavy atom. The zero-order chi connectivity index (χ0) is 15.8. The lowest BCUT2D eigenvalue weighted by Gasteiger charge is -2.46. The fourth-order valence-corrected chi connectivity index (χ4v) is 3.95. The number of anilines is 1. The summed E-state index contributed by atoms with van der Waals surface area (Å²) in [5, 5.41) is 6.76. The minimum atomic E-state index is -0.0681. The van der Waals surface area contributed by atoms with Gasteiger partial charge in [-0.15, -0.1) is 0 Å². The van der Waals surface area contributed by atoms with E-state index in [4.69, 9.17) is 5.73 Å². The number of rotatable bonds is 2. The first-order chi connectivity index (χ1) is 9.56. The second-order valence-corrected chi connectivity index (χ2v) is 8.16. The summed E-state index contributed by atoms with van der Waals surface area (Å²) in [6, 6.07) is 5.44. The SMILES string of the molecule is CC1(C)CC(NC(=O)c2cc(N)cc(Br)c2)CC(C)(C)N1. The molecule has 1 aliphatic rings. The van der Waals surface area contributed by atoms with Gasteiger partial charge in [0.05, 0.1) is 0 Å². The Balaban J connectivity index is 2.12. The molecule has 0 saturated carbocycles. The number of amides is 1. The number of nitrogen functional groups attached to an aromatic ring is 1. The Morgan fingerprint density at radius 3 is 2.33 bits per heavy atom. The maximum absolute atomic E-state index is 12.4. The molecule has 0 spiro atoms. The molecule has 4 nitrogen and oxygen atoms in total. The first-order valence-electron chi connectivity index (χ1n) is 7.23. The highest BCUT2D eigenvalue weighted by molar-refractivity contribution is 9.10. The largest absolute Gasteiger partial charge is 0.399 e. The number of carbonyl (C=O) groups is 1. The maximum atomic E-state index is 12.4. The zero-order valence-corrected chi connectivity index (χ0v) is 14.7. The molecule has 0 bridgehead atoms. The average molecular weight is 354 g/mol. The van der Waals surface area contributed by atoms with E-state index in [1.165, 1.54) is 0 Å². The smallest absolute Gasteiger partial charge is 0.251 e. The van der Waals surface area contributed by atoms with E-state index in [1.807, 2.05) is 0 Å². The molecule has 0 radical (unpaired) electrons. The molecule has 0 unspecified atom stereocenters. The van der Waals surface area contributed by atoms with E-state index in [0.29, 0.717) is 11.3 Å². The summed E-state index contributed by atoms with van der Waals surface area (Å²) in [6.45, 7) is 8.68. The Hall–Kier alpha value is -1.07. The van der Waals surface area contributed by atoms with Gasteiger partial charge in [-0.05, 0) is 58.7 Å². The molecule has 2 rings (SSSR count). The van der Waals surface area contributed by atoms with Crippen LogP contribution in [-0.2, 0) is 0 Å². The van der Waals surface area contributed by atoms with E-state index in [9.17, 15) is 4.79 Å². The molecule has 1 amide bonds. The molecular formula is C16H24BrN3O. The van der Waals surface area contributed by atoms with Crippen molar-refractivity contribution in [1.82, 2.24) is 10.6 Å². The highest BCUT2D eigenvalue weighted by Crippen LogP contribution is 2.28. The van der Waals surface area contributed by atoms with Crippen LogP contribution in [0.2, 0.25) is 0 Å². The van der Waals surface area contributed by atoms with Gasteiger partial charge in [-0.3, -0.25) is 4.79 Å². The monoisotopic (exact) mass is 353 g/mol. The highest BCUT2D eigenvalue weighted by Gasteiger charge is 2.38. The molecular weight excluding hydrogens is 330 g/mol. The van der Waals surface area contributed by atoms with Crippen LogP contribution in [0.25, 0.3) is 0 Å². The van der Waals surface area contributed by atoms with E-state index >= 15 is 0 Å². The van der Waals surface area contributed by atoms with E-state index in [2.05, 4.69) is 54.3 Å². The van der Waals surface area contributed by atoms with Crippen LogP contribution in [0.15, 0.2) is 22.7 Å². The van der Waals surface area contributed by atoms with Crippen molar-refractivity contribution in [2.45, 2.75) is 57.7 Å². The summed E-state index contributed by atoms with van der Waals surface area (Å²) in [5.41, 5.74) is 6.99. The molecule has 1 aromatic rings. The van der Waals surface area contributed by atoms with Gasteiger partial charge in [0, 0.05) is 32.8 Å². The second-order valence-electron chi connectivity index (χ2n) is 7.24. The molecule has 1 aromatic carbocycles. The fraction of sp³-hybridized carbons (Fsp3) is 0.562. The highest BCUT2D eigenvalue weighted by atomic mass is 79.9. The molecule has 4 N–H and O–H groups in total. The third-order valence-corrected chi connectivity index (χ3v) is 4.17. The average Bonchev–Trinajstić information content (AvgIpc) is 2.22. The Bertz CT molecular complexity index is 518. The minimum absolute atomic E-state index is 0.00992. The number of carbonyl (C=O) groups excluding carboxylic acids is 1. The van der Waals surface area contributed by atoms with E-state index in [1.54, 1.807) is 18.2 Å². The number of piperidine rings is 1. The third-order valence-electron chi connectivity index (χ3n) is 3.71. The first-order valence-corrected chi connectivity index (χ1v) is 8.02. The number of nitrogens with two attached hydrogens (primary N) is 1. The van der Waals surface area contributed by atoms with Crippen molar-refractivity contribution in [2.24, 2.45) is 0 Å². The summed E-state index contributed by atoms with van der Waals surface area (Å²) in [4.78, 5) is 12.4. The summed E-state index contributed by atoms with van der Waals surface area (Å²) in [7, 11) is 0. The van der Waals surface area contributed by atoms with Gasteiger partial charge in [0.2, 0.25) is 0 Å². The maximum Gasteiger partial charge on any atom is 0.251 e. The number of nitrogens with one attached hydrogen (secondary N) is 2. The predicted molar refractivity (Wildman–Crippen MR) is 90.3 cm³/mol. The van der Waals surface area contributed by atoms with Crippen LogP contribution in [0.3, 0.4) is 0 Å². The normalized spacial score (nSPS) is 21.0. The molecule has 0 atom stereocenters. The lowest BCUT2D eigenvalue weighted by atomic mass is 9.79. The van der Waals surface area contributed by atoms with E-state index in [0.717, 1.165) is 17.3 Å². The molecule has 1 heterocycles. The lowest BCUT2D eigenvalue weighted by molar-refractivity contribution is 0.0873. The van der Waals surface area contributed by atoms with Crippen LogP contribution in [0.1, 0.15) is 50.9 Å². The van der Waals surface area contributed by atoms with Crippen LogP contribution in [0, 0.1) is 0 Å². The molecule has 0 aliphatic carbocycles. The van der Waals surface area contributed by atoms with Crippen molar-refractivity contribution in [2.75, 3.05) is 5.73 Å². The van der Waals surface area contributed by atoms with Gasteiger partial charge < -0.3 is 16.4 Å². The van der Waals surface area contributed by atoms with Crippen molar-refractivity contribution in [3.63, 3.8) is 0 Å². The second kappa shape index (κ2) is 5.61. The summed E-state index contributed by atoms with van der Waals surface area (Å²) in [5.74, 6) is -0.0681. The van der Waals surface area contributed by atoms with Gasteiger partial charge in [-0.1, -0.05) is 15.9 Å². The van der Waals surface area contributed by atoms with E-state index < -0.39 is 0 Å². The van der Waals surface area contributed by atoms with Crippen molar-refractivity contribution < 1.29 is 4.79 Å². The molecule has 0 aromatic heterocycles. The van der Waals surface area contributed by atoms with Gasteiger partial charge >= 0.3 is 0 Å². The molecule has 21 heavy (non-hydrogen) atoms. The molecule has 116 valence electrons. The van der Waals surface area contributed by atoms with Crippen LogP contribution < -0.4 is 16.4 Å². The Morgan fingerprint density at radius 2 is 1.81 bits per heavy atom. The van der Waals surface area contributed by atoms with Gasteiger partial charge in [0.1, 0.15) is 0 Å². The first kappa shape index (κ1) is 16.3. The number of halogens is 1. The minimum Gasteiger partial charge on any atom is -0.399 e. The summed E-state index contributed by atoms with van der Waals surface area (Å²) < 4.78 is 0.818. The molecule has 1 fully saturated rings. The summed E-state index contributed by atoms with van der Waals surface area (Å²) >= 11 is 3.37. The van der Waals surface area contributed by atoms with Crippen LogP contribution >= 0.6 is 15.9 Å².